The standard InChI is InChI=1S/C28H31N7/c1-17-7-8-21(33-18(2)19-9-10-30-24(14-19)28(3,4)5)15-22(17)23-13-20-16-32-27(29-6)34-25(20)35-12-11-31-26(23)35/h7-10,13-16,33H,2,11-12H2,1,3-6H3,(H,29,32,34). The summed E-state index contributed by atoms with van der Waals surface area (Å²) >= 11 is 0. The lowest BCUT2D eigenvalue weighted by atomic mass is 9.90. The highest BCUT2D eigenvalue weighted by atomic mass is 15.3. The van der Waals surface area contributed by atoms with Crippen LogP contribution in [0.4, 0.5) is 17.5 Å². The molecule has 0 unspecified atom stereocenters. The molecule has 0 radical (unpaired) electrons. The van der Waals surface area contributed by atoms with E-state index in [1.807, 2.05) is 25.5 Å². The summed E-state index contributed by atoms with van der Waals surface area (Å²) in [7, 11) is 1.83. The molecule has 7 nitrogen and oxygen atoms in total. The highest BCUT2D eigenvalue weighted by molar-refractivity contribution is 6.36. The molecule has 2 N–H and O–H groups in total. The lowest BCUT2D eigenvalue weighted by Crippen LogP contribution is -2.32. The maximum Gasteiger partial charge on any atom is 0.224 e. The lowest BCUT2D eigenvalue weighted by molar-refractivity contribution is 0.568. The topological polar surface area (TPSA) is 78.3 Å². The van der Waals surface area contributed by atoms with Crippen molar-refractivity contribution in [3.05, 3.63) is 77.3 Å². The van der Waals surface area contributed by atoms with Crippen molar-refractivity contribution >= 4 is 40.6 Å². The number of aliphatic imine (C=N–C) groups is 1. The molecule has 2 aliphatic heterocycles. The summed E-state index contributed by atoms with van der Waals surface area (Å²) in [6.45, 7) is 14.5. The van der Waals surface area contributed by atoms with Gasteiger partial charge in [0.25, 0.3) is 0 Å². The van der Waals surface area contributed by atoms with Gasteiger partial charge in [0, 0.05) is 65.2 Å². The summed E-state index contributed by atoms with van der Waals surface area (Å²) in [6.07, 6.45) is 5.87. The van der Waals surface area contributed by atoms with Crippen molar-refractivity contribution in [2.75, 3.05) is 35.7 Å². The Morgan fingerprint density at radius 2 is 1.94 bits per heavy atom. The van der Waals surface area contributed by atoms with Gasteiger partial charge in [0.05, 0.1) is 6.54 Å². The maximum absolute atomic E-state index is 4.83. The highest BCUT2D eigenvalue weighted by Crippen LogP contribution is 2.37. The number of hydrogen-bond acceptors (Lipinski definition) is 7. The van der Waals surface area contributed by atoms with Crippen molar-refractivity contribution in [2.24, 2.45) is 4.99 Å². The zero-order chi connectivity index (χ0) is 24.7. The van der Waals surface area contributed by atoms with E-state index in [9.17, 15) is 0 Å². The monoisotopic (exact) mass is 465 g/mol. The minimum absolute atomic E-state index is 0.0252. The van der Waals surface area contributed by atoms with Gasteiger partial charge in [-0.25, -0.2) is 4.98 Å². The molecule has 4 heterocycles. The zero-order valence-corrected chi connectivity index (χ0v) is 21.0. The van der Waals surface area contributed by atoms with E-state index in [1.165, 1.54) is 5.56 Å². The van der Waals surface area contributed by atoms with Gasteiger partial charge in [0.1, 0.15) is 11.7 Å². The quantitative estimate of drug-likeness (QED) is 0.527. The largest absolute Gasteiger partial charge is 0.357 e. The molecule has 1 aromatic carbocycles. The Hall–Kier alpha value is -4.00. The molecule has 0 bridgehead atoms. The third-order valence-electron chi connectivity index (χ3n) is 6.36. The maximum atomic E-state index is 4.83. The number of benzene rings is 1. The van der Waals surface area contributed by atoms with Crippen molar-refractivity contribution in [1.29, 1.82) is 0 Å². The molecule has 7 heteroatoms. The number of pyridine rings is 1. The second-order valence-electron chi connectivity index (χ2n) is 9.95. The molecule has 3 aromatic rings. The summed E-state index contributed by atoms with van der Waals surface area (Å²) < 4.78 is 0. The Labute approximate surface area is 206 Å². The summed E-state index contributed by atoms with van der Waals surface area (Å²) in [5, 5.41) is 6.53. The first-order chi connectivity index (χ1) is 16.7. The fourth-order valence-corrected chi connectivity index (χ4v) is 4.39. The average molecular weight is 466 g/mol. The first-order valence-electron chi connectivity index (χ1n) is 11.9. The van der Waals surface area contributed by atoms with E-state index in [-0.39, 0.29) is 5.41 Å². The van der Waals surface area contributed by atoms with Crippen molar-refractivity contribution in [3.63, 3.8) is 0 Å². The smallest absolute Gasteiger partial charge is 0.224 e. The van der Waals surface area contributed by atoms with Gasteiger partial charge < -0.3 is 15.5 Å². The molecule has 0 fully saturated rings. The van der Waals surface area contributed by atoms with E-state index in [0.717, 1.165) is 64.1 Å². The normalized spacial score (nSPS) is 14.6. The third-order valence-corrected chi connectivity index (χ3v) is 6.36. The molecular formula is C28H31N7. The Morgan fingerprint density at radius 1 is 1.11 bits per heavy atom. The van der Waals surface area contributed by atoms with Crippen LogP contribution in [0.25, 0.3) is 17.3 Å². The number of aromatic nitrogens is 3. The van der Waals surface area contributed by atoms with Crippen LogP contribution in [-0.4, -0.2) is 40.9 Å². The number of anilines is 3. The first-order valence-corrected chi connectivity index (χ1v) is 11.9. The first kappa shape index (κ1) is 22.8. The number of aryl methyl sites for hydroxylation is 1. The molecule has 0 atom stereocenters. The Morgan fingerprint density at radius 3 is 2.71 bits per heavy atom. The van der Waals surface area contributed by atoms with E-state index in [4.69, 9.17) is 4.99 Å². The lowest BCUT2D eigenvalue weighted by Gasteiger charge is -2.28. The van der Waals surface area contributed by atoms with Crippen LogP contribution in [0.5, 0.6) is 0 Å². The molecule has 178 valence electrons. The van der Waals surface area contributed by atoms with Gasteiger partial charge in [-0.15, -0.1) is 0 Å². The van der Waals surface area contributed by atoms with Crippen molar-refractivity contribution in [2.45, 2.75) is 33.1 Å². The molecule has 35 heavy (non-hydrogen) atoms. The van der Waals surface area contributed by atoms with E-state index in [1.54, 1.807) is 0 Å². The zero-order valence-electron chi connectivity index (χ0n) is 21.0. The molecule has 2 aliphatic rings. The van der Waals surface area contributed by atoms with Crippen LogP contribution in [-0.2, 0) is 5.41 Å². The van der Waals surface area contributed by atoms with Gasteiger partial charge in [-0.05, 0) is 48.4 Å². The van der Waals surface area contributed by atoms with E-state index in [2.05, 4.69) is 95.1 Å². The average Bonchev–Trinajstić information content (AvgIpc) is 3.34. The van der Waals surface area contributed by atoms with Crippen molar-refractivity contribution in [3.8, 4) is 0 Å². The number of hydrogen-bond donors (Lipinski definition) is 2. The van der Waals surface area contributed by atoms with Crippen molar-refractivity contribution < 1.29 is 0 Å². The van der Waals surface area contributed by atoms with E-state index < -0.39 is 0 Å². The van der Waals surface area contributed by atoms with E-state index >= 15 is 0 Å². The third kappa shape index (κ3) is 4.30. The molecule has 0 spiro atoms. The van der Waals surface area contributed by atoms with Crippen LogP contribution in [0.1, 0.15) is 48.7 Å². The van der Waals surface area contributed by atoms with Gasteiger partial charge in [0.15, 0.2) is 0 Å². The molecule has 0 aliphatic carbocycles. The minimum Gasteiger partial charge on any atom is -0.357 e. The predicted octanol–water partition coefficient (Wildman–Crippen LogP) is 5.37. The summed E-state index contributed by atoms with van der Waals surface area (Å²) in [5.41, 5.74) is 8.24. The highest BCUT2D eigenvalue weighted by Gasteiger charge is 2.31. The number of fused-ring (bicyclic) bond motifs is 3. The van der Waals surface area contributed by atoms with Crippen LogP contribution in [0.2, 0.25) is 0 Å². The predicted molar refractivity (Wildman–Crippen MR) is 146 cm³/mol. The summed E-state index contributed by atoms with van der Waals surface area (Å²) in [6, 6.07) is 10.5. The fourth-order valence-electron chi connectivity index (χ4n) is 4.39. The SMILES string of the molecule is C=C(Nc1ccc(C)c(C2=Cc3cnc(NC)nc3N3CCN=C23)c1)c1ccnc(C(C)(C)C)c1. The number of amidine groups is 1. The van der Waals surface area contributed by atoms with Crippen LogP contribution in [0, 0.1) is 6.92 Å². The number of rotatable bonds is 5. The van der Waals surface area contributed by atoms with E-state index in [0.29, 0.717) is 5.95 Å². The molecule has 2 aromatic heterocycles. The molecule has 0 saturated heterocycles. The van der Waals surface area contributed by atoms with Gasteiger partial charge in [0.2, 0.25) is 5.95 Å². The van der Waals surface area contributed by atoms with Crippen molar-refractivity contribution in [1.82, 2.24) is 15.0 Å². The second-order valence-corrected chi connectivity index (χ2v) is 9.95. The van der Waals surface area contributed by atoms with Gasteiger partial charge in [-0.3, -0.25) is 9.98 Å². The Kier molecular flexibility index (Phi) is 5.63. The van der Waals surface area contributed by atoms with Crippen LogP contribution >= 0.6 is 0 Å². The Bertz CT molecular complexity index is 1380. The summed E-state index contributed by atoms with van der Waals surface area (Å²) in [4.78, 5) is 20.7. The Balaban J connectivity index is 1.49. The molecule has 0 saturated carbocycles. The molecular weight excluding hydrogens is 434 g/mol. The molecule has 0 amide bonds. The van der Waals surface area contributed by atoms with Gasteiger partial charge >= 0.3 is 0 Å². The molecule has 5 rings (SSSR count). The fraction of sp³-hybridized carbons (Fsp3) is 0.286. The van der Waals surface area contributed by atoms with Crippen LogP contribution in [0.15, 0.2) is 54.3 Å². The van der Waals surface area contributed by atoms with Crippen LogP contribution < -0.4 is 15.5 Å². The second kappa shape index (κ2) is 8.65. The number of nitrogens with one attached hydrogen (secondary N) is 2. The minimum atomic E-state index is -0.0252. The number of nitrogens with zero attached hydrogens (tertiary/aromatic N) is 5. The van der Waals surface area contributed by atoms with Gasteiger partial charge in [-0.1, -0.05) is 33.4 Å². The summed E-state index contributed by atoms with van der Waals surface area (Å²) in [5.74, 6) is 2.47. The van der Waals surface area contributed by atoms with Crippen LogP contribution in [0.3, 0.4) is 0 Å². The van der Waals surface area contributed by atoms with Gasteiger partial charge in [-0.2, -0.15) is 4.98 Å².